The molecule has 7 nitrogen and oxygen atoms in total. The van der Waals surface area contributed by atoms with E-state index in [-0.39, 0.29) is 11.6 Å². The molecule has 0 spiro atoms. The molecule has 0 unspecified atom stereocenters. The molecule has 0 radical (unpaired) electrons. The van der Waals surface area contributed by atoms with Gasteiger partial charge in [0.2, 0.25) is 5.91 Å². The lowest BCUT2D eigenvalue weighted by Crippen LogP contribution is -2.60. The fraction of sp³-hybridized carbons (Fsp3) is 0.333. The Morgan fingerprint density at radius 3 is 2.64 bits per heavy atom. The highest BCUT2D eigenvalue weighted by atomic mass is 16.2. The van der Waals surface area contributed by atoms with Gasteiger partial charge in [0.25, 0.3) is 5.91 Å². The second kappa shape index (κ2) is 7.85. The molecule has 2 heterocycles. The first kappa shape index (κ1) is 17.0. The van der Waals surface area contributed by atoms with Crippen molar-refractivity contribution in [2.24, 2.45) is 5.73 Å². The molecule has 2 aromatic rings. The minimum Gasteiger partial charge on any atom is -0.368 e. The monoisotopic (exact) mass is 339 g/mol. The maximum Gasteiger partial charge on any atom is 0.274 e. The quantitative estimate of drug-likeness (QED) is 0.847. The number of carbonyl (C=O) groups excluding carboxylic acids is 2. The molecular formula is C18H21N5O2. The van der Waals surface area contributed by atoms with E-state index >= 15 is 0 Å². The minimum absolute atomic E-state index is 0.228. The number of hydrogen-bond donors (Lipinski definition) is 1. The standard InChI is InChI=1S/C18H21N5O2/c19-17(24)16-13-22(9-6-14-4-2-1-3-5-14)10-11-23(16)18(25)15-12-20-7-8-21-15/h1-5,7-8,12,16H,6,9-11,13H2,(H2,19,24)/t16-/m0/s1. The first-order valence-electron chi connectivity index (χ1n) is 8.28. The Labute approximate surface area is 146 Å². The van der Waals surface area contributed by atoms with E-state index in [0.29, 0.717) is 19.6 Å². The lowest BCUT2D eigenvalue weighted by Gasteiger charge is -2.39. The molecule has 1 aromatic heterocycles. The van der Waals surface area contributed by atoms with E-state index in [0.717, 1.165) is 13.0 Å². The van der Waals surface area contributed by atoms with Crippen LogP contribution in [0.5, 0.6) is 0 Å². The van der Waals surface area contributed by atoms with Gasteiger partial charge in [0, 0.05) is 38.6 Å². The maximum atomic E-state index is 12.6. The number of benzene rings is 1. The number of aromatic nitrogens is 2. The van der Waals surface area contributed by atoms with Crippen LogP contribution in [0.15, 0.2) is 48.9 Å². The summed E-state index contributed by atoms with van der Waals surface area (Å²) < 4.78 is 0. The third kappa shape index (κ3) is 4.19. The smallest absolute Gasteiger partial charge is 0.274 e. The van der Waals surface area contributed by atoms with Gasteiger partial charge < -0.3 is 10.6 Å². The van der Waals surface area contributed by atoms with Crippen molar-refractivity contribution in [1.82, 2.24) is 19.8 Å². The fourth-order valence-corrected chi connectivity index (χ4v) is 3.02. The van der Waals surface area contributed by atoms with Crippen molar-refractivity contribution in [3.63, 3.8) is 0 Å². The first-order valence-corrected chi connectivity index (χ1v) is 8.28. The first-order chi connectivity index (χ1) is 12.1. The number of primary amides is 1. The minimum atomic E-state index is -0.654. The van der Waals surface area contributed by atoms with Crippen LogP contribution < -0.4 is 5.73 Å². The Hall–Kier alpha value is -2.80. The topological polar surface area (TPSA) is 92.4 Å². The van der Waals surface area contributed by atoms with Crippen LogP contribution in [0.25, 0.3) is 0 Å². The number of amides is 2. The number of nitrogens with two attached hydrogens (primary N) is 1. The van der Waals surface area contributed by atoms with Gasteiger partial charge in [0.05, 0.1) is 6.20 Å². The molecule has 130 valence electrons. The van der Waals surface area contributed by atoms with E-state index in [1.807, 2.05) is 18.2 Å². The summed E-state index contributed by atoms with van der Waals surface area (Å²) in [5.41, 5.74) is 7.02. The lowest BCUT2D eigenvalue weighted by molar-refractivity contribution is -0.124. The molecule has 2 amide bonds. The molecule has 1 aliphatic heterocycles. The maximum absolute atomic E-state index is 12.6. The molecule has 1 atom stereocenters. The summed E-state index contributed by atoms with van der Waals surface area (Å²) >= 11 is 0. The number of hydrogen-bond acceptors (Lipinski definition) is 5. The number of nitrogens with zero attached hydrogens (tertiary/aromatic N) is 4. The normalized spacial score (nSPS) is 18.1. The largest absolute Gasteiger partial charge is 0.368 e. The zero-order chi connectivity index (χ0) is 17.6. The molecule has 1 fully saturated rings. The highest BCUT2D eigenvalue weighted by Crippen LogP contribution is 2.14. The summed E-state index contributed by atoms with van der Waals surface area (Å²) in [5, 5.41) is 0. The SMILES string of the molecule is NC(=O)[C@@H]1CN(CCc2ccccc2)CCN1C(=O)c1cnccn1. The molecular weight excluding hydrogens is 318 g/mol. The Balaban J connectivity index is 1.64. The fourth-order valence-electron chi connectivity index (χ4n) is 3.02. The van der Waals surface area contributed by atoms with Gasteiger partial charge in [-0.05, 0) is 12.0 Å². The van der Waals surface area contributed by atoms with Gasteiger partial charge in [-0.15, -0.1) is 0 Å². The third-order valence-electron chi connectivity index (χ3n) is 4.40. The molecule has 3 rings (SSSR count). The number of carbonyl (C=O) groups is 2. The van der Waals surface area contributed by atoms with Crippen LogP contribution in [0, 0.1) is 0 Å². The summed E-state index contributed by atoms with van der Waals surface area (Å²) in [6.07, 6.45) is 5.26. The van der Waals surface area contributed by atoms with Crippen molar-refractivity contribution in [2.75, 3.05) is 26.2 Å². The summed E-state index contributed by atoms with van der Waals surface area (Å²) in [6.45, 7) is 2.40. The third-order valence-corrected chi connectivity index (χ3v) is 4.40. The number of piperazine rings is 1. The van der Waals surface area contributed by atoms with Crippen LogP contribution in [-0.4, -0.2) is 63.8 Å². The molecule has 2 N–H and O–H groups in total. The molecule has 7 heteroatoms. The molecule has 0 saturated carbocycles. The van der Waals surface area contributed by atoms with Crippen molar-refractivity contribution >= 4 is 11.8 Å². The predicted octanol–water partition coefficient (Wildman–Crippen LogP) is 0.331. The van der Waals surface area contributed by atoms with E-state index in [1.165, 1.54) is 29.1 Å². The van der Waals surface area contributed by atoms with Crippen LogP contribution in [0.3, 0.4) is 0 Å². The van der Waals surface area contributed by atoms with Crippen LogP contribution in [0.1, 0.15) is 16.1 Å². The highest BCUT2D eigenvalue weighted by molar-refractivity contribution is 5.95. The average molecular weight is 339 g/mol. The summed E-state index contributed by atoms with van der Waals surface area (Å²) in [4.78, 5) is 36.1. The highest BCUT2D eigenvalue weighted by Gasteiger charge is 2.34. The van der Waals surface area contributed by atoms with Gasteiger partial charge in [-0.1, -0.05) is 30.3 Å². The van der Waals surface area contributed by atoms with E-state index in [2.05, 4.69) is 27.0 Å². The van der Waals surface area contributed by atoms with Crippen molar-refractivity contribution < 1.29 is 9.59 Å². The summed E-state index contributed by atoms with van der Waals surface area (Å²) in [6, 6.07) is 9.53. The van der Waals surface area contributed by atoms with E-state index in [9.17, 15) is 9.59 Å². The van der Waals surface area contributed by atoms with Crippen LogP contribution in [0.2, 0.25) is 0 Å². The zero-order valence-corrected chi connectivity index (χ0v) is 13.9. The summed E-state index contributed by atoms with van der Waals surface area (Å²) in [5.74, 6) is -0.804. The van der Waals surface area contributed by atoms with E-state index < -0.39 is 11.9 Å². The average Bonchev–Trinajstić information content (AvgIpc) is 2.67. The molecule has 1 saturated heterocycles. The molecule has 0 aliphatic carbocycles. The van der Waals surface area contributed by atoms with Gasteiger partial charge in [0.15, 0.2) is 0 Å². The van der Waals surface area contributed by atoms with E-state index in [4.69, 9.17) is 5.73 Å². The van der Waals surface area contributed by atoms with E-state index in [1.54, 1.807) is 0 Å². The predicted molar refractivity (Wildman–Crippen MR) is 92.6 cm³/mol. The van der Waals surface area contributed by atoms with Crippen LogP contribution >= 0.6 is 0 Å². The Morgan fingerprint density at radius 2 is 1.96 bits per heavy atom. The van der Waals surface area contributed by atoms with Gasteiger partial charge in [-0.3, -0.25) is 19.5 Å². The van der Waals surface area contributed by atoms with Gasteiger partial charge in [-0.25, -0.2) is 4.98 Å². The van der Waals surface area contributed by atoms with Gasteiger partial charge in [-0.2, -0.15) is 0 Å². The Kier molecular flexibility index (Phi) is 5.35. The Morgan fingerprint density at radius 1 is 1.16 bits per heavy atom. The van der Waals surface area contributed by atoms with Crippen molar-refractivity contribution in [3.05, 3.63) is 60.2 Å². The number of rotatable bonds is 5. The van der Waals surface area contributed by atoms with Crippen molar-refractivity contribution in [2.45, 2.75) is 12.5 Å². The molecule has 1 aromatic carbocycles. The Bertz CT molecular complexity index is 723. The summed E-state index contributed by atoms with van der Waals surface area (Å²) in [7, 11) is 0. The second-order valence-corrected chi connectivity index (χ2v) is 6.04. The lowest BCUT2D eigenvalue weighted by atomic mass is 10.1. The van der Waals surface area contributed by atoms with Crippen molar-refractivity contribution in [1.29, 1.82) is 0 Å². The van der Waals surface area contributed by atoms with Crippen molar-refractivity contribution in [3.8, 4) is 0 Å². The van der Waals surface area contributed by atoms with Gasteiger partial charge in [0.1, 0.15) is 11.7 Å². The zero-order valence-electron chi connectivity index (χ0n) is 13.9. The molecule has 1 aliphatic rings. The van der Waals surface area contributed by atoms with Crippen LogP contribution in [0.4, 0.5) is 0 Å². The second-order valence-electron chi connectivity index (χ2n) is 6.04. The molecule has 0 bridgehead atoms. The van der Waals surface area contributed by atoms with Crippen LogP contribution in [-0.2, 0) is 11.2 Å². The molecule has 25 heavy (non-hydrogen) atoms. The van der Waals surface area contributed by atoms with Gasteiger partial charge >= 0.3 is 0 Å².